The number of aryl methyl sites for hydroxylation is 1. The summed E-state index contributed by atoms with van der Waals surface area (Å²) in [6, 6.07) is 1.12. The normalized spacial score (nSPS) is 16.5. The van der Waals surface area contributed by atoms with E-state index in [9.17, 15) is 19.2 Å². The molecule has 1 fully saturated rings. The first-order valence-electron chi connectivity index (χ1n) is 7.74. The molecule has 8 nitrogen and oxygen atoms in total. The number of likely N-dealkylation sites (tertiary alicyclic amines) is 1. The molecule has 0 bridgehead atoms. The molecular formula is C16H20N4O4. The van der Waals surface area contributed by atoms with Crippen molar-refractivity contribution in [2.24, 2.45) is 0 Å². The van der Waals surface area contributed by atoms with E-state index in [4.69, 9.17) is 0 Å². The molecular weight excluding hydrogens is 312 g/mol. The van der Waals surface area contributed by atoms with Gasteiger partial charge in [-0.2, -0.15) is 0 Å². The Kier molecular flexibility index (Phi) is 6.00. The SMILES string of the molecule is Cc1ccncc1C(=O)NCC(=O)N1CCCC1C(=O)NCC=O. The van der Waals surface area contributed by atoms with Gasteiger partial charge in [-0.3, -0.25) is 19.4 Å². The standard InChI is InChI=1S/C16H20N4O4/c1-11-4-5-17-9-12(11)15(23)19-10-14(22)20-7-2-3-13(20)16(24)18-6-8-21/h4-5,8-9,13H,2-3,6-7,10H2,1H3,(H,18,24)(H,19,23). The molecule has 2 heterocycles. The second-order valence-corrected chi connectivity index (χ2v) is 5.53. The Bertz CT molecular complexity index is 647. The number of amides is 3. The fourth-order valence-electron chi connectivity index (χ4n) is 2.65. The number of carbonyl (C=O) groups is 4. The van der Waals surface area contributed by atoms with Gasteiger partial charge in [0.25, 0.3) is 5.91 Å². The van der Waals surface area contributed by atoms with Crippen LogP contribution >= 0.6 is 0 Å². The maximum atomic E-state index is 12.3. The zero-order valence-electron chi connectivity index (χ0n) is 13.4. The smallest absolute Gasteiger partial charge is 0.253 e. The number of hydrogen-bond donors (Lipinski definition) is 2. The van der Waals surface area contributed by atoms with Gasteiger partial charge in [-0.25, -0.2) is 0 Å². The van der Waals surface area contributed by atoms with Gasteiger partial charge in [0.15, 0.2) is 0 Å². The third-order valence-corrected chi connectivity index (χ3v) is 3.92. The Hall–Kier alpha value is -2.77. The number of nitrogens with zero attached hydrogens (tertiary/aromatic N) is 2. The molecule has 1 atom stereocenters. The minimum absolute atomic E-state index is 0.0750. The van der Waals surface area contributed by atoms with Crippen molar-refractivity contribution in [3.8, 4) is 0 Å². The Morgan fingerprint density at radius 1 is 1.38 bits per heavy atom. The molecule has 0 aliphatic carbocycles. The summed E-state index contributed by atoms with van der Waals surface area (Å²) >= 11 is 0. The van der Waals surface area contributed by atoms with Crippen molar-refractivity contribution < 1.29 is 19.2 Å². The third-order valence-electron chi connectivity index (χ3n) is 3.92. The van der Waals surface area contributed by atoms with E-state index in [1.165, 1.54) is 11.1 Å². The van der Waals surface area contributed by atoms with Gasteiger partial charge in [0.05, 0.1) is 18.7 Å². The quantitative estimate of drug-likeness (QED) is 0.678. The molecule has 0 saturated carbocycles. The van der Waals surface area contributed by atoms with E-state index in [1.54, 1.807) is 19.2 Å². The minimum Gasteiger partial charge on any atom is -0.348 e. The van der Waals surface area contributed by atoms with Crippen LogP contribution in [0.15, 0.2) is 18.5 Å². The highest BCUT2D eigenvalue weighted by atomic mass is 16.2. The lowest BCUT2D eigenvalue weighted by molar-refractivity contribution is -0.137. The van der Waals surface area contributed by atoms with Crippen molar-refractivity contribution in [2.45, 2.75) is 25.8 Å². The highest BCUT2D eigenvalue weighted by Crippen LogP contribution is 2.17. The van der Waals surface area contributed by atoms with Crippen LogP contribution in [0, 0.1) is 6.92 Å². The Morgan fingerprint density at radius 3 is 2.88 bits per heavy atom. The molecule has 128 valence electrons. The molecule has 2 rings (SSSR count). The third kappa shape index (κ3) is 4.15. The lowest BCUT2D eigenvalue weighted by atomic mass is 10.1. The first-order chi connectivity index (χ1) is 11.5. The van der Waals surface area contributed by atoms with Crippen molar-refractivity contribution in [3.05, 3.63) is 29.6 Å². The highest BCUT2D eigenvalue weighted by Gasteiger charge is 2.33. The van der Waals surface area contributed by atoms with Crippen molar-refractivity contribution >= 4 is 24.0 Å². The van der Waals surface area contributed by atoms with Crippen LogP contribution in [0.5, 0.6) is 0 Å². The molecule has 1 aliphatic rings. The van der Waals surface area contributed by atoms with Gasteiger partial charge in [-0.1, -0.05) is 0 Å². The van der Waals surface area contributed by atoms with Gasteiger partial charge in [0.1, 0.15) is 12.3 Å². The number of aldehydes is 1. The van der Waals surface area contributed by atoms with Gasteiger partial charge in [-0.05, 0) is 31.4 Å². The van der Waals surface area contributed by atoms with Gasteiger partial charge in [-0.15, -0.1) is 0 Å². The van der Waals surface area contributed by atoms with Crippen LogP contribution in [-0.4, -0.2) is 59.6 Å². The van der Waals surface area contributed by atoms with Gasteiger partial charge in [0.2, 0.25) is 11.8 Å². The number of nitrogens with one attached hydrogen (secondary N) is 2. The molecule has 1 aromatic heterocycles. The molecule has 1 aliphatic heterocycles. The van der Waals surface area contributed by atoms with E-state index in [-0.39, 0.29) is 30.8 Å². The van der Waals surface area contributed by atoms with E-state index < -0.39 is 6.04 Å². The van der Waals surface area contributed by atoms with Crippen LogP contribution in [0.25, 0.3) is 0 Å². The lowest BCUT2D eigenvalue weighted by Crippen LogP contribution is -2.49. The molecule has 0 spiro atoms. The van der Waals surface area contributed by atoms with Crippen molar-refractivity contribution in [3.63, 3.8) is 0 Å². The summed E-state index contributed by atoms with van der Waals surface area (Å²) in [7, 11) is 0. The molecule has 1 aromatic rings. The van der Waals surface area contributed by atoms with Gasteiger partial charge in [0, 0.05) is 18.9 Å². The second kappa shape index (κ2) is 8.19. The number of aromatic nitrogens is 1. The summed E-state index contributed by atoms with van der Waals surface area (Å²) in [4.78, 5) is 52.0. The predicted molar refractivity (Wildman–Crippen MR) is 85.1 cm³/mol. The zero-order chi connectivity index (χ0) is 17.5. The largest absolute Gasteiger partial charge is 0.348 e. The molecule has 2 N–H and O–H groups in total. The van der Waals surface area contributed by atoms with Gasteiger partial charge < -0.3 is 20.3 Å². The Balaban J connectivity index is 1.91. The summed E-state index contributed by atoms with van der Waals surface area (Å²) < 4.78 is 0. The fraction of sp³-hybridized carbons (Fsp3) is 0.438. The van der Waals surface area contributed by atoms with Crippen LogP contribution in [0.3, 0.4) is 0 Å². The Morgan fingerprint density at radius 2 is 2.17 bits per heavy atom. The van der Waals surface area contributed by atoms with Crippen LogP contribution in [-0.2, 0) is 14.4 Å². The molecule has 0 aromatic carbocycles. The number of rotatable bonds is 6. The Labute approximate surface area is 139 Å². The topological polar surface area (TPSA) is 108 Å². The van der Waals surface area contributed by atoms with Crippen LogP contribution < -0.4 is 10.6 Å². The minimum atomic E-state index is -0.588. The average Bonchev–Trinajstić information content (AvgIpc) is 3.07. The van der Waals surface area contributed by atoms with Crippen molar-refractivity contribution in [2.75, 3.05) is 19.6 Å². The molecule has 1 unspecified atom stereocenters. The lowest BCUT2D eigenvalue weighted by Gasteiger charge is -2.23. The van der Waals surface area contributed by atoms with Crippen LogP contribution in [0.2, 0.25) is 0 Å². The molecule has 24 heavy (non-hydrogen) atoms. The van der Waals surface area contributed by atoms with E-state index >= 15 is 0 Å². The molecule has 8 heteroatoms. The summed E-state index contributed by atoms with van der Waals surface area (Å²) in [6.07, 6.45) is 4.88. The number of carbonyl (C=O) groups excluding carboxylic acids is 4. The van der Waals surface area contributed by atoms with Crippen molar-refractivity contribution in [1.29, 1.82) is 0 Å². The van der Waals surface area contributed by atoms with Gasteiger partial charge >= 0.3 is 0 Å². The zero-order valence-corrected chi connectivity index (χ0v) is 13.4. The number of pyridine rings is 1. The van der Waals surface area contributed by atoms with E-state index in [2.05, 4.69) is 15.6 Å². The summed E-state index contributed by atoms with van der Waals surface area (Å²) in [6.45, 7) is 1.98. The monoisotopic (exact) mass is 332 g/mol. The van der Waals surface area contributed by atoms with E-state index in [0.717, 1.165) is 5.56 Å². The van der Waals surface area contributed by atoms with Crippen LogP contribution in [0.1, 0.15) is 28.8 Å². The number of hydrogen-bond acceptors (Lipinski definition) is 5. The van der Waals surface area contributed by atoms with Crippen LogP contribution in [0.4, 0.5) is 0 Å². The first-order valence-corrected chi connectivity index (χ1v) is 7.74. The van der Waals surface area contributed by atoms with Crippen molar-refractivity contribution in [1.82, 2.24) is 20.5 Å². The highest BCUT2D eigenvalue weighted by molar-refractivity contribution is 5.98. The first kappa shape index (κ1) is 17.6. The molecule has 3 amide bonds. The maximum Gasteiger partial charge on any atom is 0.253 e. The molecule has 0 radical (unpaired) electrons. The summed E-state index contributed by atoms with van der Waals surface area (Å²) in [5.41, 5.74) is 1.18. The summed E-state index contributed by atoms with van der Waals surface area (Å²) in [5, 5.41) is 5.02. The summed E-state index contributed by atoms with van der Waals surface area (Å²) in [5.74, 6) is -1.05. The second-order valence-electron chi connectivity index (χ2n) is 5.53. The molecule has 1 saturated heterocycles. The fourth-order valence-corrected chi connectivity index (χ4v) is 2.65. The van der Waals surface area contributed by atoms with E-state index in [1.807, 2.05) is 0 Å². The predicted octanol–water partition coefficient (Wildman–Crippen LogP) is -0.574. The average molecular weight is 332 g/mol. The van der Waals surface area contributed by atoms with E-state index in [0.29, 0.717) is 31.2 Å². The maximum absolute atomic E-state index is 12.3.